The number of rotatable bonds is 2. The zero-order valence-electron chi connectivity index (χ0n) is 4.50. The molecule has 10 heavy (non-hydrogen) atoms. The van der Waals surface area contributed by atoms with Crippen molar-refractivity contribution >= 4 is 18.7 Å². The van der Waals surface area contributed by atoms with Gasteiger partial charge in [-0.15, -0.1) is 0 Å². The van der Waals surface area contributed by atoms with Crippen LogP contribution in [0.1, 0.15) is 0 Å². The number of hydrogen-bond acceptors (Lipinski definition) is 5. The first kappa shape index (κ1) is 9.25. The van der Waals surface area contributed by atoms with E-state index >= 15 is 0 Å². The van der Waals surface area contributed by atoms with Gasteiger partial charge in [0.15, 0.2) is 0 Å². The topological polar surface area (TPSA) is 135 Å². The molecule has 0 fully saturated rings. The van der Waals surface area contributed by atoms with Crippen LogP contribution in [0.4, 0.5) is 9.59 Å². The quantitative estimate of drug-likeness (QED) is 0.358. The van der Waals surface area contributed by atoms with Gasteiger partial charge in [-0.2, -0.15) is 0 Å². The van der Waals surface area contributed by atoms with E-state index < -0.39 is 18.7 Å². The Morgan fingerprint density at radius 1 is 0.900 bits per heavy atom. The van der Waals surface area contributed by atoms with Gasteiger partial charge in [-0.25, -0.2) is 0 Å². The molecule has 0 aliphatic heterocycles. The molecular formula is C2H5O7P. The van der Waals surface area contributed by atoms with Crippen LogP contribution in [0.3, 0.4) is 0 Å². The van der Waals surface area contributed by atoms with E-state index in [0.29, 0.717) is 0 Å². The molecule has 0 aliphatic rings. The summed E-state index contributed by atoms with van der Waals surface area (Å²) in [6.07, 6.45) is 0. The van der Waals surface area contributed by atoms with Gasteiger partial charge in [0.05, 0.1) is 0 Å². The van der Waals surface area contributed by atoms with Crippen LogP contribution in [0.2, 0.25) is 0 Å². The first-order valence-corrected chi connectivity index (χ1v) is 4.00. The van der Waals surface area contributed by atoms with Crippen molar-refractivity contribution in [3.63, 3.8) is 0 Å². The van der Waals surface area contributed by atoms with E-state index in [0.717, 1.165) is 0 Å². The zero-order valence-corrected chi connectivity index (χ0v) is 5.39. The molecule has 0 heterocycles. The SMILES string of the molecule is O=C(O)P(O)(O)(O)C(=O)O. The maximum absolute atomic E-state index is 9.71. The monoisotopic (exact) mass is 172 g/mol. The molecule has 0 spiro atoms. The summed E-state index contributed by atoms with van der Waals surface area (Å²) in [5, 5.41) is 15.6. The molecule has 0 amide bonds. The van der Waals surface area contributed by atoms with E-state index in [4.69, 9.17) is 24.9 Å². The minimum absolute atomic E-state index is 2.54. The summed E-state index contributed by atoms with van der Waals surface area (Å²) in [6, 6.07) is 0. The van der Waals surface area contributed by atoms with E-state index in [9.17, 15) is 9.59 Å². The first-order chi connectivity index (χ1) is 4.17. The Kier molecular flexibility index (Phi) is 1.72. The average molecular weight is 172 g/mol. The molecule has 0 radical (unpaired) electrons. The van der Waals surface area contributed by atoms with Crippen molar-refractivity contribution in [2.75, 3.05) is 0 Å². The van der Waals surface area contributed by atoms with Crippen molar-refractivity contribution in [2.24, 2.45) is 0 Å². The van der Waals surface area contributed by atoms with Gasteiger partial charge < -0.3 is 0 Å². The zero-order chi connectivity index (χ0) is 8.60. The van der Waals surface area contributed by atoms with E-state index in [-0.39, 0.29) is 0 Å². The Balaban J connectivity index is 4.97. The van der Waals surface area contributed by atoms with Gasteiger partial charge in [-0.05, 0) is 0 Å². The van der Waals surface area contributed by atoms with E-state index in [1.54, 1.807) is 0 Å². The fourth-order valence-electron chi connectivity index (χ4n) is 0.0818. The summed E-state index contributed by atoms with van der Waals surface area (Å²) < 4.78 is 0. The van der Waals surface area contributed by atoms with Crippen LogP contribution in [-0.4, -0.2) is 36.3 Å². The van der Waals surface area contributed by atoms with Gasteiger partial charge in [0, 0.05) is 0 Å². The second kappa shape index (κ2) is 1.86. The van der Waals surface area contributed by atoms with Crippen LogP contribution < -0.4 is 0 Å². The van der Waals surface area contributed by atoms with Crippen molar-refractivity contribution in [3.8, 4) is 0 Å². The number of carbonyl (C=O) groups is 2. The molecule has 7 nitrogen and oxygen atoms in total. The van der Waals surface area contributed by atoms with E-state index in [1.165, 1.54) is 0 Å². The first-order valence-electron chi connectivity index (χ1n) is 1.90. The Labute approximate surface area is 54.3 Å². The summed E-state index contributed by atoms with van der Waals surface area (Å²) in [7, 11) is -6.49. The second-order valence-electron chi connectivity index (χ2n) is 1.55. The van der Waals surface area contributed by atoms with Crippen molar-refractivity contribution in [2.45, 2.75) is 0 Å². The summed E-state index contributed by atoms with van der Waals surface area (Å²) in [4.78, 5) is 44.0. The van der Waals surface area contributed by atoms with Gasteiger partial charge in [0.1, 0.15) is 0 Å². The Morgan fingerprint density at radius 2 is 1.10 bits per heavy atom. The van der Waals surface area contributed by atoms with Crippen LogP contribution in [-0.2, 0) is 0 Å². The third kappa shape index (κ3) is 1.22. The van der Waals surface area contributed by atoms with Gasteiger partial charge >= 0.3 is 53.2 Å². The molecule has 8 heteroatoms. The Hall–Kier alpha value is -0.750. The molecule has 0 saturated heterocycles. The summed E-state index contributed by atoms with van der Waals surface area (Å²) in [6.45, 7) is 0. The molecule has 0 aromatic rings. The molecule has 0 unspecified atom stereocenters. The molecule has 60 valence electrons. The van der Waals surface area contributed by atoms with Crippen LogP contribution in [0.5, 0.6) is 0 Å². The maximum atomic E-state index is 9.71. The summed E-state index contributed by atoms with van der Waals surface area (Å²) in [5.41, 5.74) is -5.09. The van der Waals surface area contributed by atoms with Gasteiger partial charge in [-0.3, -0.25) is 0 Å². The molecule has 5 N–H and O–H groups in total. The predicted octanol–water partition coefficient (Wildman–Crippen LogP) is -0.382. The summed E-state index contributed by atoms with van der Waals surface area (Å²) in [5.74, 6) is 0. The minimum atomic E-state index is -6.49. The van der Waals surface area contributed by atoms with Gasteiger partial charge in [-0.1, -0.05) is 0 Å². The average Bonchev–Trinajstić information content (AvgIpc) is 1.63. The normalized spacial score (nSPS) is 15.3. The van der Waals surface area contributed by atoms with Crippen molar-refractivity contribution in [1.29, 1.82) is 0 Å². The molecule has 0 aliphatic carbocycles. The van der Waals surface area contributed by atoms with E-state index in [1.807, 2.05) is 0 Å². The van der Waals surface area contributed by atoms with Crippen LogP contribution >= 0.6 is 7.28 Å². The van der Waals surface area contributed by atoms with E-state index in [2.05, 4.69) is 0 Å². The Morgan fingerprint density at radius 3 is 1.10 bits per heavy atom. The standard InChI is InChI=1S/C2H5O7P/c3-1(4)10(7,8,9)2(5)6/h7-9H,(H,3,4)(H,5,6). The van der Waals surface area contributed by atoms with Gasteiger partial charge in [0.25, 0.3) is 0 Å². The van der Waals surface area contributed by atoms with Crippen molar-refractivity contribution in [1.82, 2.24) is 0 Å². The molecule has 0 aromatic heterocycles. The summed E-state index contributed by atoms with van der Waals surface area (Å²) >= 11 is 0. The third-order valence-electron chi connectivity index (χ3n) is 0.705. The molecule has 0 aromatic carbocycles. The number of carboxylic acid groups (broad SMARTS) is 2. The second-order valence-corrected chi connectivity index (χ2v) is 4.27. The van der Waals surface area contributed by atoms with Crippen molar-refractivity contribution in [3.05, 3.63) is 0 Å². The third-order valence-corrected chi connectivity index (χ3v) is 2.11. The fraction of sp³-hybridized carbons (Fsp3) is 0. The molecule has 0 atom stereocenters. The molecule has 0 saturated carbocycles. The molecule has 0 bridgehead atoms. The Bertz CT molecular complexity index is 168. The van der Waals surface area contributed by atoms with Crippen molar-refractivity contribution < 1.29 is 34.5 Å². The molecular weight excluding hydrogens is 167 g/mol. The van der Waals surface area contributed by atoms with Crippen LogP contribution in [0.15, 0.2) is 0 Å². The predicted molar refractivity (Wildman–Crippen MR) is 29.6 cm³/mol. The van der Waals surface area contributed by atoms with Crippen LogP contribution in [0, 0.1) is 0 Å². The van der Waals surface area contributed by atoms with Gasteiger partial charge in [0.2, 0.25) is 0 Å². The number of hydrogen-bond donors (Lipinski definition) is 5. The van der Waals surface area contributed by atoms with Crippen LogP contribution in [0.25, 0.3) is 0 Å². The fourth-order valence-corrected chi connectivity index (χ4v) is 0.245. The molecule has 0 rings (SSSR count).